The predicted octanol–water partition coefficient (Wildman–Crippen LogP) is 3.61. The molecule has 21 heavy (non-hydrogen) atoms. The minimum absolute atomic E-state index is 0.303. The molecule has 0 aliphatic heterocycles. The standard InChI is InChI=1S/C15H21BrN2O3/c1-9-8-11(6-7-12(9)16)18-13(19)10(2)17-14(20)21-15(3,4)5/h6-8,10H,1-5H3,(H,17,20)(H,18,19). The molecule has 5 nitrogen and oxygen atoms in total. The van der Waals surface area contributed by atoms with Gasteiger partial charge in [0.05, 0.1) is 0 Å². The number of hydrogen-bond donors (Lipinski definition) is 2. The summed E-state index contributed by atoms with van der Waals surface area (Å²) in [7, 11) is 0. The van der Waals surface area contributed by atoms with Crippen LogP contribution in [-0.2, 0) is 9.53 Å². The van der Waals surface area contributed by atoms with Gasteiger partial charge in [-0.3, -0.25) is 4.79 Å². The Hall–Kier alpha value is -1.56. The topological polar surface area (TPSA) is 67.4 Å². The predicted molar refractivity (Wildman–Crippen MR) is 86.3 cm³/mol. The van der Waals surface area contributed by atoms with Crippen molar-refractivity contribution >= 4 is 33.6 Å². The van der Waals surface area contributed by atoms with Gasteiger partial charge in [-0.2, -0.15) is 0 Å². The molecule has 0 aliphatic carbocycles. The number of rotatable bonds is 3. The molecule has 2 N–H and O–H groups in total. The molecule has 0 heterocycles. The Labute approximate surface area is 133 Å². The number of carbonyl (C=O) groups excluding carboxylic acids is 2. The Morgan fingerprint density at radius 2 is 1.90 bits per heavy atom. The first-order valence-electron chi connectivity index (χ1n) is 6.65. The molecule has 0 spiro atoms. The van der Waals surface area contributed by atoms with Gasteiger partial charge in [0.2, 0.25) is 5.91 Å². The van der Waals surface area contributed by atoms with E-state index in [0.29, 0.717) is 5.69 Å². The number of ether oxygens (including phenoxy) is 1. The van der Waals surface area contributed by atoms with Gasteiger partial charge in [0.1, 0.15) is 11.6 Å². The molecule has 2 amide bonds. The first-order valence-corrected chi connectivity index (χ1v) is 7.44. The molecule has 1 unspecified atom stereocenters. The summed E-state index contributed by atoms with van der Waals surface area (Å²) in [6, 6.07) is 4.80. The van der Waals surface area contributed by atoms with E-state index >= 15 is 0 Å². The first-order chi connectivity index (χ1) is 9.58. The Morgan fingerprint density at radius 1 is 1.29 bits per heavy atom. The maximum Gasteiger partial charge on any atom is 0.408 e. The summed E-state index contributed by atoms with van der Waals surface area (Å²) >= 11 is 3.40. The van der Waals surface area contributed by atoms with Gasteiger partial charge in [-0.1, -0.05) is 15.9 Å². The van der Waals surface area contributed by atoms with Crippen LogP contribution in [0.25, 0.3) is 0 Å². The minimum atomic E-state index is -0.691. The van der Waals surface area contributed by atoms with E-state index in [-0.39, 0.29) is 5.91 Å². The van der Waals surface area contributed by atoms with Crippen molar-refractivity contribution in [1.29, 1.82) is 0 Å². The van der Waals surface area contributed by atoms with Gasteiger partial charge in [-0.25, -0.2) is 4.79 Å². The number of aryl methyl sites for hydroxylation is 1. The molecule has 0 radical (unpaired) electrons. The van der Waals surface area contributed by atoms with E-state index in [9.17, 15) is 9.59 Å². The fourth-order valence-corrected chi connectivity index (χ4v) is 1.77. The highest BCUT2D eigenvalue weighted by Gasteiger charge is 2.21. The van der Waals surface area contributed by atoms with Gasteiger partial charge in [-0.15, -0.1) is 0 Å². The first kappa shape index (κ1) is 17.5. The van der Waals surface area contributed by atoms with Crippen LogP contribution < -0.4 is 10.6 Å². The number of amides is 2. The number of nitrogens with one attached hydrogen (secondary N) is 2. The monoisotopic (exact) mass is 356 g/mol. The third kappa shape index (κ3) is 6.16. The van der Waals surface area contributed by atoms with E-state index in [1.807, 2.05) is 19.1 Å². The Bertz CT molecular complexity index is 538. The zero-order valence-electron chi connectivity index (χ0n) is 12.9. The molecule has 116 valence electrons. The lowest BCUT2D eigenvalue weighted by Gasteiger charge is -2.21. The van der Waals surface area contributed by atoms with Crippen molar-refractivity contribution < 1.29 is 14.3 Å². The number of alkyl carbamates (subject to hydrolysis) is 1. The molecule has 0 saturated carbocycles. The van der Waals surface area contributed by atoms with E-state index in [0.717, 1.165) is 10.0 Å². The van der Waals surface area contributed by atoms with Gasteiger partial charge in [0.15, 0.2) is 0 Å². The van der Waals surface area contributed by atoms with Gasteiger partial charge in [-0.05, 0) is 58.4 Å². The highest BCUT2D eigenvalue weighted by atomic mass is 79.9. The van der Waals surface area contributed by atoms with Crippen LogP contribution in [0.2, 0.25) is 0 Å². The van der Waals surface area contributed by atoms with Crippen LogP contribution in [0.1, 0.15) is 33.3 Å². The second kappa shape index (κ2) is 6.93. The van der Waals surface area contributed by atoms with Crippen molar-refractivity contribution in [3.63, 3.8) is 0 Å². The van der Waals surface area contributed by atoms with Crippen LogP contribution in [0.3, 0.4) is 0 Å². The molecule has 1 atom stereocenters. The third-order valence-corrected chi connectivity index (χ3v) is 3.44. The molecule has 0 saturated heterocycles. The lowest BCUT2D eigenvalue weighted by atomic mass is 10.2. The summed E-state index contributed by atoms with van der Waals surface area (Å²) in [4.78, 5) is 23.6. The molecule has 6 heteroatoms. The molecule has 0 bridgehead atoms. The SMILES string of the molecule is Cc1cc(NC(=O)C(C)NC(=O)OC(C)(C)C)ccc1Br. The second-order valence-electron chi connectivity index (χ2n) is 5.82. The Kier molecular flexibility index (Phi) is 5.78. The van der Waals surface area contributed by atoms with Crippen molar-refractivity contribution in [2.45, 2.75) is 46.3 Å². The Balaban J connectivity index is 2.58. The maximum absolute atomic E-state index is 12.0. The van der Waals surface area contributed by atoms with Gasteiger partial charge < -0.3 is 15.4 Å². The van der Waals surface area contributed by atoms with Crippen LogP contribution in [0.4, 0.5) is 10.5 Å². The fraction of sp³-hybridized carbons (Fsp3) is 0.467. The van der Waals surface area contributed by atoms with Crippen LogP contribution in [-0.4, -0.2) is 23.6 Å². The van der Waals surface area contributed by atoms with Gasteiger partial charge in [0.25, 0.3) is 0 Å². The average molecular weight is 357 g/mol. The normalized spacial score (nSPS) is 12.5. The summed E-state index contributed by atoms with van der Waals surface area (Å²) in [6.07, 6.45) is -0.614. The Morgan fingerprint density at radius 3 is 2.43 bits per heavy atom. The van der Waals surface area contributed by atoms with Gasteiger partial charge in [0, 0.05) is 10.2 Å². The third-order valence-electron chi connectivity index (χ3n) is 2.55. The van der Waals surface area contributed by atoms with Crippen molar-refractivity contribution in [2.24, 2.45) is 0 Å². The highest BCUT2D eigenvalue weighted by Crippen LogP contribution is 2.20. The minimum Gasteiger partial charge on any atom is -0.444 e. The average Bonchev–Trinajstić information content (AvgIpc) is 2.31. The van der Waals surface area contributed by atoms with Crippen LogP contribution in [0.15, 0.2) is 22.7 Å². The number of anilines is 1. The number of hydrogen-bond acceptors (Lipinski definition) is 3. The van der Waals surface area contributed by atoms with E-state index in [4.69, 9.17) is 4.74 Å². The molecule has 0 aromatic heterocycles. The zero-order chi connectivity index (χ0) is 16.2. The fourth-order valence-electron chi connectivity index (χ4n) is 1.52. The van der Waals surface area contributed by atoms with Crippen molar-refractivity contribution in [2.75, 3.05) is 5.32 Å². The number of halogens is 1. The summed E-state index contributed by atoms with van der Waals surface area (Å²) < 4.78 is 6.08. The summed E-state index contributed by atoms with van der Waals surface area (Å²) in [5.74, 6) is -0.303. The van der Waals surface area contributed by atoms with E-state index in [2.05, 4.69) is 26.6 Å². The lowest BCUT2D eigenvalue weighted by molar-refractivity contribution is -0.117. The van der Waals surface area contributed by atoms with E-state index < -0.39 is 17.7 Å². The molecule has 1 aromatic rings. The van der Waals surface area contributed by atoms with Crippen molar-refractivity contribution in [3.05, 3.63) is 28.2 Å². The smallest absolute Gasteiger partial charge is 0.408 e. The largest absolute Gasteiger partial charge is 0.444 e. The van der Waals surface area contributed by atoms with E-state index in [1.165, 1.54) is 0 Å². The summed E-state index contributed by atoms with van der Waals surface area (Å²) in [6.45, 7) is 8.83. The lowest BCUT2D eigenvalue weighted by Crippen LogP contribution is -2.43. The summed E-state index contributed by atoms with van der Waals surface area (Å²) in [5, 5.41) is 5.25. The molecule has 0 aliphatic rings. The second-order valence-corrected chi connectivity index (χ2v) is 6.68. The van der Waals surface area contributed by atoms with Gasteiger partial charge >= 0.3 is 6.09 Å². The van der Waals surface area contributed by atoms with Crippen LogP contribution in [0.5, 0.6) is 0 Å². The van der Waals surface area contributed by atoms with Crippen molar-refractivity contribution in [3.8, 4) is 0 Å². The maximum atomic E-state index is 12.0. The highest BCUT2D eigenvalue weighted by molar-refractivity contribution is 9.10. The van der Waals surface area contributed by atoms with E-state index in [1.54, 1.807) is 33.8 Å². The number of carbonyl (C=O) groups is 2. The zero-order valence-corrected chi connectivity index (χ0v) is 14.5. The summed E-state index contributed by atoms with van der Waals surface area (Å²) in [5.41, 5.74) is 1.10. The molecule has 1 aromatic carbocycles. The molecular formula is C15H21BrN2O3. The molecule has 1 rings (SSSR count). The number of benzene rings is 1. The van der Waals surface area contributed by atoms with Crippen LogP contribution >= 0.6 is 15.9 Å². The van der Waals surface area contributed by atoms with Crippen LogP contribution in [0, 0.1) is 6.92 Å². The molecule has 0 fully saturated rings. The quantitative estimate of drug-likeness (QED) is 0.869. The molecular weight excluding hydrogens is 336 g/mol. The van der Waals surface area contributed by atoms with Crippen molar-refractivity contribution in [1.82, 2.24) is 5.32 Å².